The van der Waals surface area contributed by atoms with Crippen molar-refractivity contribution < 1.29 is 39.7 Å². The minimum absolute atomic E-state index is 0.0162. The highest BCUT2D eigenvalue weighted by molar-refractivity contribution is 5.28. The van der Waals surface area contributed by atoms with Gasteiger partial charge >= 0.3 is 0 Å². The van der Waals surface area contributed by atoms with Crippen LogP contribution < -0.4 is 4.74 Å². The van der Waals surface area contributed by atoms with Crippen molar-refractivity contribution in [3.8, 4) is 5.75 Å². The van der Waals surface area contributed by atoms with Gasteiger partial charge in [-0.05, 0) is 42.9 Å². The minimum Gasteiger partial charge on any atom is -0.462 e. The number of allylic oxidation sites excluding steroid dienone is 1. The molecule has 8 heteroatoms. The molecule has 0 spiro atoms. The summed E-state index contributed by atoms with van der Waals surface area (Å²) in [7, 11) is 0. The Bertz CT molecular complexity index is 633. The SMILES string of the molecule is C=CCc1ccc(O[C@H]2O[C@H](CO)[C@@H](O)[C@H](O)[C@H]2O[C@@H](CCO)C[C@H](CC)CO)cc1. The second kappa shape index (κ2) is 13.1. The van der Waals surface area contributed by atoms with Gasteiger partial charge in [0, 0.05) is 13.2 Å². The predicted molar refractivity (Wildman–Crippen MR) is 115 cm³/mol. The van der Waals surface area contributed by atoms with Gasteiger partial charge in [-0.25, -0.2) is 0 Å². The second-order valence-electron chi connectivity index (χ2n) is 7.89. The normalized spacial score (nSPS) is 28.1. The van der Waals surface area contributed by atoms with E-state index in [-0.39, 0.29) is 19.1 Å². The zero-order valence-electron chi connectivity index (χ0n) is 18.0. The number of benzene rings is 1. The lowest BCUT2D eigenvalue weighted by molar-refractivity contribution is -0.296. The maximum absolute atomic E-state index is 10.7. The average molecular weight is 441 g/mol. The van der Waals surface area contributed by atoms with Crippen LogP contribution in [0.5, 0.6) is 5.75 Å². The van der Waals surface area contributed by atoms with E-state index in [9.17, 15) is 25.5 Å². The lowest BCUT2D eigenvalue weighted by atomic mass is 9.96. The van der Waals surface area contributed by atoms with Crippen LogP contribution in [0.1, 0.15) is 31.7 Å². The topological polar surface area (TPSA) is 129 Å². The summed E-state index contributed by atoms with van der Waals surface area (Å²) in [6.45, 7) is 5.02. The van der Waals surface area contributed by atoms with Gasteiger partial charge in [0.1, 0.15) is 30.2 Å². The fourth-order valence-electron chi connectivity index (χ4n) is 3.65. The Labute approximate surface area is 183 Å². The number of aliphatic hydroxyl groups is 5. The number of rotatable bonds is 13. The van der Waals surface area contributed by atoms with E-state index >= 15 is 0 Å². The Balaban J connectivity index is 2.20. The van der Waals surface area contributed by atoms with Crippen LogP contribution in [0.25, 0.3) is 0 Å². The van der Waals surface area contributed by atoms with E-state index in [0.29, 0.717) is 18.6 Å². The molecule has 1 saturated heterocycles. The van der Waals surface area contributed by atoms with Crippen LogP contribution in [0.2, 0.25) is 0 Å². The Morgan fingerprint density at radius 3 is 2.39 bits per heavy atom. The highest BCUT2D eigenvalue weighted by Gasteiger charge is 2.47. The first-order valence-electron chi connectivity index (χ1n) is 10.8. The van der Waals surface area contributed by atoms with Crippen LogP contribution in [-0.2, 0) is 15.9 Å². The first kappa shape index (κ1) is 25.7. The summed E-state index contributed by atoms with van der Waals surface area (Å²) in [6.07, 6.45) is -2.37. The van der Waals surface area contributed by atoms with Gasteiger partial charge in [0.05, 0.1) is 12.7 Å². The Hall–Kier alpha value is -1.52. The first-order chi connectivity index (χ1) is 15.0. The molecule has 2 rings (SSSR count). The van der Waals surface area contributed by atoms with Crippen LogP contribution in [0.15, 0.2) is 36.9 Å². The molecule has 0 unspecified atom stereocenters. The van der Waals surface area contributed by atoms with Crippen molar-refractivity contribution in [1.29, 1.82) is 0 Å². The molecule has 0 amide bonds. The van der Waals surface area contributed by atoms with Crippen molar-refractivity contribution in [2.24, 2.45) is 5.92 Å². The van der Waals surface area contributed by atoms with Gasteiger partial charge in [0.25, 0.3) is 0 Å². The number of hydrogen-bond donors (Lipinski definition) is 5. The third kappa shape index (κ3) is 7.25. The Morgan fingerprint density at radius 1 is 1.13 bits per heavy atom. The fourth-order valence-corrected chi connectivity index (χ4v) is 3.65. The van der Waals surface area contributed by atoms with Crippen LogP contribution in [0.4, 0.5) is 0 Å². The van der Waals surface area contributed by atoms with Crippen LogP contribution in [0.3, 0.4) is 0 Å². The summed E-state index contributed by atoms with van der Waals surface area (Å²) < 4.78 is 17.7. The van der Waals surface area contributed by atoms with Gasteiger partial charge in [-0.2, -0.15) is 0 Å². The van der Waals surface area contributed by atoms with Crippen molar-refractivity contribution in [3.63, 3.8) is 0 Å². The van der Waals surface area contributed by atoms with Gasteiger partial charge < -0.3 is 39.7 Å². The third-order valence-electron chi connectivity index (χ3n) is 5.61. The fraction of sp³-hybridized carbons (Fsp3) is 0.652. The van der Waals surface area contributed by atoms with Crippen molar-refractivity contribution in [1.82, 2.24) is 0 Å². The van der Waals surface area contributed by atoms with Crippen molar-refractivity contribution in [3.05, 3.63) is 42.5 Å². The lowest BCUT2D eigenvalue weighted by Gasteiger charge is -2.43. The molecule has 7 atom stereocenters. The van der Waals surface area contributed by atoms with E-state index in [1.807, 2.05) is 19.1 Å². The average Bonchev–Trinajstić information content (AvgIpc) is 2.78. The molecule has 176 valence electrons. The third-order valence-corrected chi connectivity index (χ3v) is 5.61. The highest BCUT2D eigenvalue weighted by atomic mass is 16.7. The van der Waals surface area contributed by atoms with Gasteiger partial charge in [0.2, 0.25) is 6.29 Å². The smallest absolute Gasteiger partial charge is 0.229 e. The lowest BCUT2D eigenvalue weighted by Crippen LogP contribution is -2.61. The van der Waals surface area contributed by atoms with Crippen molar-refractivity contribution in [2.45, 2.75) is 69.4 Å². The van der Waals surface area contributed by atoms with Gasteiger partial charge in [-0.3, -0.25) is 0 Å². The molecule has 1 aromatic rings. The molecule has 8 nitrogen and oxygen atoms in total. The molecular weight excluding hydrogens is 404 g/mol. The Morgan fingerprint density at radius 2 is 1.84 bits per heavy atom. The summed E-state index contributed by atoms with van der Waals surface area (Å²) in [5.74, 6) is 0.456. The number of aliphatic hydroxyl groups excluding tert-OH is 5. The molecule has 1 aliphatic rings. The second-order valence-corrected chi connectivity index (χ2v) is 7.89. The molecule has 0 saturated carbocycles. The zero-order chi connectivity index (χ0) is 22.8. The first-order valence-corrected chi connectivity index (χ1v) is 10.8. The molecule has 1 aromatic carbocycles. The maximum atomic E-state index is 10.7. The zero-order valence-corrected chi connectivity index (χ0v) is 18.0. The molecular formula is C23H36O8. The van der Waals surface area contributed by atoms with E-state index in [0.717, 1.165) is 18.4 Å². The quantitative estimate of drug-likeness (QED) is 0.285. The molecule has 5 N–H and O–H groups in total. The summed E-state index contributed by atoms with van der Waals surface area (Å²) >= 11 is 0. The molecule has 0 aromatic heterocycles. The molecule has 1 heterocycles. The predicted octanol–water partition coefficient (Wildman–Crippen LogP) is 0.778. The monoisotopic (exact) mass is 440 g/mol. The van der Waals surface area contributed by atoms with Gasteiger partial charge in [-0.1, -0.05) is 31.6 Å². The van der Waals surface area contributed by atoms with Crippen LogP contribution in [-0.4, -0.2) is 82.2 Å². The van der Waals surface area contributed by atoms with E-state index in [4.69, 9.17) is 14.2 Å². The van der Waals surface area contributed by atoms with Crippen LogP contribution >= 0.6 is 0 Å². The molecule has 31 heavy (non-hydrogen) atoms. The highest BCUT2D eigenvalue weighted by Crippen LogP contribution is 2.29. The molecule has 1 aliphatic heterocycles. The van der Waals surface area contributed by atoms with Gasteiger partial charge in [0.15, 0.2) is 0 Å². The van der Waals surface area contributed by atoms with E-state index in [1.54, 1.807) is 18.2 Å². The molecule has 1 fully saturated rings. The van der Waals surface area contributed by atoms with Crippen molar-refractivity contribution in [2.75, 3.05) is 19.8 Å². The summed E-state index contributed by atoms with van der Waals surface area (Å²) in [5, 5.41) is 49.5. The molecule has 0 bridgehead atoms. The van der Waals surface area contributed by atoms with Crippen LogP contribution in [0, 0.1) is 5.92 Å². The summed E-state index contributed by atoms with van der Waals surface area (Å²) in [4.78, 5) is 0. The van der Waals surface area contributed by atoms with E-state index in [1.165, 1.54) is 0 Å². The summed E-state index contributed by atoms with van der Waals surface area (Å²) in [5.41, 5.74) is 1.06. The van der Waals surface area contributed by atoms with Crippen molar-refractivity contribution >= 4 is 0 Å². The standard InChI is InChI=1S/C23H36O8/c1-3-5-16-6-8-17(9-7-16)30-23-22(21(28)20(27)19(14-26)31-23)29-18(10-11-24)12-15(4-2)13-25/h3,6-9,15,18-28H,1,4-5,10-14H2,2H3/t15-,18-,19+,20+,21-,22+,23-/m0/s1. The molecule has 0 radical (unpaired) electrons. The number of hydrogen-bond acceptors (Lipinski definition) is 8. The summed E-state index contributed by atoms with van der Waals surface area (Å²) in [6, 6.07) is 7.28. The minimum atomic E-state index is -1.37. The van der Waals surface area contributed by atoms with E-state index < -0.39 is 43.4 Å². The maximum Gasteiger partial charge on any atom is 0.229 e. The largest absolute Gasteiger partial charge is 0.462 e. The Kier molecular flexibility index (Phi) is 10.9. The van der Waals surface area contributed by atoms with Gasteiger partial charge in [-0.15, -0.1) is 6.58 Å². The number of ether oxygens (including phenoxy) is 3. The van der Waals surface area contributed by atoms with E-state index in [2.05, 4.69) is 6.58 Å². The molecule has 0 aliphatic carbocycles.